The van der Waals surface area contributed by atoms with Gasteiger partial charge in [0.15, 0.2) is 12.1 Å². The zero-order valence-electron chi connectivity index (χ0n) is 8.66. The van der Waals surface area contributed by atoms with Crippen LogP contribution in [-0.4, -0.2) is 58.4 Å². The Morgan fingerprint density at radius 2 is 2.00 bits per heavy atom. The molecule has 3 N–H and O–H groups in total. The lowest BCUT2D eigenvalue weighted by Gasteiger charge is -2.24. The smallest absolute Gasteiger partial charge is 0.190 e. The minimum atomic E-state index is -1.12. The number of aliphatic hydroxyl groups excluding tert-OH is 3. The van der Waals surface area contributed by atoms with Crippen LogP contribution in [0.1, 0.15) is 13.8 Å². The van der Waals surface area contributed by atoms with Crippen LogP contribution in [0.2, 0.25) is 0 Å². The lowest BCUT2D eigenvalue weighted by atomic mass is 10.1. The van der Waals surface area contributed by atoms with Crippen LogP contribution in [0.25, 0.3) is 0 Å². The van der Waals surface area contributed by atoms with Crippen LogP contribution in [0.3, 0.4) is 0 Å². The van der Waals surface area contributed by atoms with E-state index < -0.39 is 43.1 Å². The molecule has 0 aromatic heterocycles. The normalized spacial score (nSPS) is 45.4. The molecule has 2 saturated heterocycles. The van der Waals surface area contributed by atoms with Crippen molar-refractivity contribution in [1.82, 2.24) is 0 Å². The third-order valence-electron chi connectivity index (χ3n) is 2.62. The van der Waals surface area contributed by atoms with E-state index in [9.17, 15) is 10.2 Å². The van der Waals surface area contributed by atoms with E-state index in [1.165, 1.54) is 0 Å². The van der Waals surface area contributed by atoms with Crippen molar-refractivity contribution in [3.8, 4) is 0 Å². The third kappa shape index (κ3) is 1.89. The summed E-state index contributed by atoms with van der Waals surface area (Å²) in [5, 5.41) is 27.9. The standard InChI is InChI=1S/C9H16O6/c1-9(2)14-7-5(12)6(4(11)3-10)13-8(7)15-9/h4-8,10-12H,3H2,1-2H3/t4-,5+,6+,7-,8+/m0/s1. The fourth-order valence-electron chi connectivity index (χ4n) is 1.94. The van der Waals surface area contributed by atoms with Gasteiger partial charge in [-0.1, -0.05) is 0 Å². The lowest BCUT2D eigenvalue weighted by molar-refractivity contribution is -0.227. The van der Waals surface area contributed by atoms with E-state index in [0.29, 0.717) is 0 Å². The van der Waals surface area contributed by atoms with E-state index in [1.54, 1.807) is 13.8 Å². The summed E-state index contributed by atoms with van der Waals surface area (Å²) in [7, 11) is 0. The van der Waals surface area contributed by atoms with Crippen molar-refractivity contribution < 1.29 is 29.5 Å². The second-order valence-corrected chi connectivity index (χ2v) is 4.31. The SMILES string of the molecule is CC1(C)O[C@H]2O[C@H]([C@@H](O)CO)[C@@H](O)[C@@H]2O1. The van der Waals surface area contributed by atoms with E-state index in [0.717, 1.165) is 0 Å². The molecule has 88 valence electrons. The van der Waals surface area contributed by atoms with Crippen molar-refractivity contribution in [2.24, 2.45) is 0 Å². The van der Waals surface area contributed by atoms with E-state index >= 15 is 0 Å². The van der Waals surface area contributed by atoms with Crippen LogP contribution in [0.4, 0.5) is 0 Å². The zero-order valence-corrected chi connectivity index (χ0v) is 8.66. The van der Waals surface area contributed by atoms with Gasteiger partial charge in [-0.05, 0) is 13.8 Å². The highest BCUT2D eigenvalue weighted by Crippen LogP contribution is 2.38. The predicted molar refractivity (Wildman–Crippen MR) is 47.8 cm³/mol. The van der Waals surface area contributed by atoms with Crippen molar-refractivity contribution >= 4 is 0 Å². The maximum Gasteiger partial charge on any atom is 0.190 e. The summed E-state index contributed by atoms with van der Waals surface area (Å²) < 4.78 is 16.1. The third-order valence-corrected chi connectivity index (χ3v) is 2.62. The second kappa shape index (κ2) is 3.65. The summed E-state index contributed by atoms with van der Waals surface area (Å²) in [6, 6.07) is 0. The fourth-order valence-corrected chi connectivity index (χ4v) is 1.94. The minimum Gasteiger partial charge on any atom is -0.394 e. The van der Waals surface area contributed by atoms with Crippen molar-refractivity contribution in [2.45, 2.75) is 50.3 Å². The van der Waals surface area contributed by atoms with Crippen LogP contribution in [-0.2, 0) is 14.2 Å². The molecular formula is C9H16O6. The molecule has 0 unspecified atom stereocenters. The molecule has 2 heterocycles. The summed E-state index contributed by atoms with van der Waals surface area (Å²) in [6.07, 6.45) is -4.26. The largest absolute Gasteiger partial charge is 0.394 e. The molecule has 0 spiro atoms. The van der Waals surface area contributed by atoms with Gasteiger partial charge in [0.25, 0.3) is 0 Å². The average Bonchev–Trinajstić information content (AvgIpc) is 2.60. The number of hydrogen-bond acceptors (Lipinski definition) is 6. The Labute approximate surface area is 87.4 Å². The van der Waals surface area contributed by atoms with E-state index in [4.69, 9.17) is 19.3 Å². The van der Waals surface area contributed by atoms with Crippen molar-refractivity contribution in [3.05, 3.63) is 0 Å². The highest BCUT2D eigenvalue weighted by molar-refractivity contribution is 4.95. The molecule has 0 bridgehead atoms. The summed E-state index contributed by atoms with van der Waals surface area (Å²) in [6.45, 7) is 2.97. The lowest BCUT2D eigenvalue weighted by Crippen LogP contribution is -2.42. The minimum absolute atomic E-state index is 0.468. The average molecular weight is 220 g/mol. The van der Waals surface area contributed by atoms with Gasteiger partial charge in [0.05, 0.1) is 6.61 Å². The molecular weight excluding hydrogens is 204 g/mol. The van der Waals surface area contributed by atoms with Gasteiger partial charge in [-0.2, -0.15) is 0 Å². The Balaban J connectivity index is 2.05. The molecule has 6 nitrogen and oxygen atoms in total. The summed E-state index contributed by atoms with van der Waals surface area (Å²) in [5.41, 5.74) is 0. The van der Waals surface area contributed by atoms with Crippen LogP contribution in [0.5, 0.6) is 0 Å². The summed E-state index contributed by atoms with van der Waals surface area (Å²) in [4.78, 5) is 0. The van der Waals surface area contributed by atoms with E-state index in [-0.39, 0.29) is 0 Å². The van der Waals surface area contributed by atoms with Crippen LogP contribution in [0, 0.1) is 0 Å². The first-order valence-corrected chi connectivity index (χ1v) is 4.93. The molecule has 6 heteroatoms. The van der Waals surface area contributed by atoms with E-state index in [1.807, 2.05) is 0 Å². The number of fused-ring (bicyclic) bond motifs is 1. The molecule has 0 aromatic carbocycles. The molecule has 0 aromatic rings. The Kier molecular flexibility index (Phi) is 2.74. The maximum absolute atomic E-state index is 9.79. The van der Waals surface area contributed by atoms with Gasteiger partial charge >= 0.3 is 0 Å². The van der Waals surface area contributed by atoms with Gasteiger partial charge in [-0.15, -0.1) is 0 Å². The monoisotopic (exact) mass is 220 g/mol. The molecule has 15 heavy (non-hydrogen) atoms. The topological polar surface area (TPSA) is 88.4 Å². The van der Waals surface area contributed by atoms with Crippen LogP contribution >= 0.6 is 0 Å². The molecule has 0 amide bonds. The highest BCUT2D eigenvalue weighted by Gasteiger charge is 2.55. The van der Waals surface area contributed by atoms with Gasteiger partial charge < -0.3 is 29.5 Å². The van der Waals surface area contributed by atoms with Crippen molar-refractivity contribution in [1.29, 1.82) is 0 Å². The van der Waals surface area contributed by atoms with Gasteiger partial charge in [0, 0.05) is 0 Å². The molecule has 2 aliphatic rings. The van der Waals surface area contributed by atoms with Gasteiger partial charge in [0.2, 0.25) is 0 Å². The first-order chi connectivity index (χ1) is 6.94. The molecule has 2 rings (SSSR count). The molecule has 0 saturated carbocycles. The Morgan fingerprint density at radius 1 is 1.33 bits per heavy atom. The van der Waals surface area contributed by atoms with Crippen molar-refractivity contribution in [3.63, 3.8) is 0 Å². The van der Waals surface area contributed by atoms with Gasteiger partial charge in [0.1, 0.15) is 24.4 Å². The first kappa shape index (κ1) is 11.3. The summed E-state index contributed by atoms with van der Waals surface area (Å²) >= 11 is 0. The summed E-state index contributed by atoms with van der Waals surface area (Å²) in [5.74, 6) is -0.786. The maximum atomic E-state index is 9.79. The van der Waals surface area contributed by atoms with Gasteiger partial charge in [-0.25, -0.2) is 0 Å². The number of ether oxygens (including phenoxy) is 3. The van der Waals surface area contributed by atoms with Crippen LogP contribution in [0.15, 0.2) is 0 Å². The molecule has 0 radical (unpaired) electrons. The van der Waals surface area contributed by atoms with Crippen LogP contribution < -0.4 is 0 Å². The first-order valence-electron chi connectivity index (χ1n) is 4.93. The quantitative estimate of drug-likeness (QED) is 0.529. The number of aliphatic hydroxyl groups is 3. The molecule has 5 atom stereocenters. The number of hydrogen-bond donors (Lipinski definition) is 3. The Morgan fingerprint density at radius 3 is 2.53 bits per heavy atom. The van der Waals surface area contributed by atoms with Crippen molar-refractivity contribution in [2.75, 3.05) is 6.61 Å². The Hall–Kier alpha value is -0.240. The Bertz CT molecular complexity index is 243. The zero-order chi connectivity index (χ0) is 11.2. The highest BCUT2D eigenvalue weighted by atomic mass is 16.8. The van der Waals surface area contributed by atoms with Gasteiger partial charge in [-0.3, -0.25) is 0 Å². The molecule has 2 aliphatic heterocycles. The second-order valence-electron chi connectivity index (χ2n) is 4.31. The fraction of sp³-hybridized carbons (Fsp3) is 1.00. The molecule has 0 aliphatic carbocycles. The number of rotatable bonds is 2. The molecule has 2 fully saturated rings. The van der Waals surface area contributed by atoms with E-state index in [2.05, 4.69) is 0 Å². The predicted octanol–water partition coefficient (Wildman–Crippen LogP) is -1.42.